The van der Waals surface area contributed by atoms with E-state index in [-0.39, 0.29) is 5.78 Å². The van der Waals surface area contributed by atoms with Crippen LogP contribution in [0.25, 0.3) is 5.65 Å². The van der Waals surface area contributed by atoms with Gasteiger partial charge in [0.05, 0.1) is 6.20 Å². The van der Waals surface area contributed by atoms with E-state index in [1.165, 1.54) is 35.0 Å². The van der Waals surface area contributed by atoms with Gasteiger partial charge in [0.2, 0.25) is 5.78 Å². The Hall–Kier alpha value is -2.17. The molecule has 5 heteroatoms. The Bertz CT molecular complexity index is 586. The molecule has 4 nitrogen and oxygen atoms in total. The maximum atomic E-state index is 13.1. The van der Waals surface area contributed by atoms with Crippen LogP contribution in [0.2, 0.25) is 0 Å². The SMILES string of the molecule is CN(C)C=CC(=O)c1cnc2ccc(F)cn12. The number of carbonyl (C=O) groups is 1. The molecule has 2 heterocycles. The topological polar surface area (TPSA) is 37.6 Å². The zero-order chi connectivity index (χ0) is 12.4. The van der Waals surface area contributed by atoms with Crippen LogP contribution >= 0.6 is 0 Å². The molecule has 0 unspecified atom stereocenters. The molecule has 0 amide bonds. The lowest BCUT2D eigenvalue weighted by Gasteiger charge is -2.02. The minimum absolute atomic E-state index is 0.211. The average Bonchev–Trinajstić information content (AvgIpc) is 2.68. The fraction of sp³-hybridized carbons (Fsp3) is 0.167. The number of nitrogens with zero attached hydrogens (tertiary/aromatic N) is 3. The first-order valence-electron chi connectivity index (χ1n) is 5.09. The summed E-state index contributed by atoms with van der Waals surface area (Å²) in [6, 6.07) is 2.84. The molecule has 0 aromatic carbocycles. The van der Waals surface area contributed by atoms with Gasteiger partial charge in [-0.2, -0.15) is 0 Å². The van der Waals surface area contributed by atoms with E-state index in [9.17, 15) is 9.18 Å². The van der Waals surface area contributed by atoms with Crippen molar-refractivity contribution >= 4 is 11.4 Å². The summed E-state index contributed by atoms with van der Waals surface area (Å²) in [4.78, 5) is 17.6. The van der Waals surface area contributed by atoms with E-state index in [0.29, 0.717) is 11.3 Å². The van der Waals surface area contributed by atoms with Crippen molar-refractivity contribution in [3.63, 3.8) is 0 Å². The third-order valence-electron chi connectivity index (χ3n) is 2.25. The number of hydrogen-bond acceptors (Lipinski definition) is 3. The largest absolute Gasteiger partial charge is 0.383 e. The van der Waals surface area contributed by atoms with Crippen molar-refractivity contribution in [2.75, 3.05) is 14.1 Å². The molecule has 0 N–H and O–H groups in total. The first-order valence-corrected chi connectivity index (χ1v) is 5.09. The highest BCUT2D eigenvalue weighted by Gasteiger charge is 2.09. The van der Waals surface area contributed by atoms with E-state index in [2.05, 4.69) is 4.98 Å². The first-order chi connectivity index (χ1) is 8.08. The summed E-state index contributed by atoms with van der Waals surface area (Å²) in [6.07, 6.45) is 5.76. The van der Waals surface area contributed by atoms with E-state index in [1.54, 1.807) is 11.1 Å². The van der Waals surface area contributed by atoms with Crippen molar-refractivity contribution in [3.05, 3.63) is 48.3 Å². The van der Waals surface area contributed by atoms with E-state index in [1.807, 2.05) is 14.1 Å². The number of hydrogen-bond donors (Lipinski definition) is 0. The summed E-state index contributed by atoms with van der Waals surface area (Å²) in [5.41, 5.74) is 0.894. The quantitative estimate of drug-likeness (QED) is 0.598. The van der Waals surface area contributed by atoms with Crippen molar-refractivity contribution < 1.29 is 9.18 Å². The Kier molecular flexibility index (Phi) is 2.91. The minimum Gasteiger partial charge on any atom is -0.383 e. The van der Waals surface area contributed by atoms with Gasteiger partial charge >= 0.3 is 0 Å². The van der Waals surface area contributed by atoms with E-state index >= 15 is 0 Å². The lowest BCUT2D eigenvalue weighted by atomic mass is 10.3. The molecule has 0 aliphatic rings. The maximum absolute atomic E-state index is 13.1. The van der Waals surface area contributed by atoms with Gasteiger partial charge in [-0.3, -0.25) is 9.20 Å². The highest BCUT2D eigenvalue weighted by atomic mass is 19.1. The monoisotopic (exact) mass is 233 g/mol. The minimum atomic E-state index is -0.402. The summed E-state index contributed by atoms with van der Waals surface area (Å²) in [5.74, 6) is -0.613. The molecule has 0 radical (unpaired) electrons. The van der Waals surface area contributed by atoms with Gasteiger partial charge in [-0.25, -0.2) is 9.37 Å². The number of allylic oxidation sites excluding steroid dienone is 1. The second-order valence-electron chi connectivity index (χ2n) is 3.86. The van der Waals surface area contributed by atoms with E-state index in [4.69, 9.17) is 0 Å². The Morgan fingerprint density at radius 1 is 1.47 bits per heavy atom. The number of pyridine rings is 1. The molecule has 0 aliphatic heterocycles. The summed E-state index contributed by atoms with van der Waals surface area (Å²) >= 11 is 0. The van der Waals surface area contributed by atoms with Crippen molar-refractivity contribution in [2.45, 2.75) is 0 Å². The second kappa shape index (κ2) is 4.37. The molecule has 2 rings (SSSR count). The number of carbonyl (C=O) groups excluding carboxylic acids is 1. The van der Waals surface area contributed by atoms with Gasteiger partial charge in [0.25, 0.3) is 0 Å². The molecule has 2 aromatic rings. The lowest BCUT2D eigenvalue weighted by Crippen LogP contribution is -2.05. The number of halogens is 1. The third-order valence-corrected chi connectivity index (χ3v) is 2.25. The molecule has 0 atom stereocenters. The average molecular weight is 233 g/mol. The fourth-order valence-electron chi connectivity index (χ4n) is 1.44. The molecule has 0 aliphatic carbocycles. The van der Waals surface area contributed by atoms with E-state index < -0.39 is 5.82 Å². The predicted molar refractivity (Wildman–Crippen MR) is 62.3 cm³/mol. The smallest absolute Gasteiger partial charge is 0.205 e. The van der Waals surface area contributed by atoms with Gasteiger partial charge in [0.1, 0.15) is 17.2 Å². The molecular weight excluding hydrogens is 221 g/mol. The van der Waals surface area contributed by atoms with Crippen LogP contribution in [-0.4, -0.2) is 34.2 Å². The van der Waals surface area contributed by atoms with Crippen LogP contribution in [0.5, 0.6) is 0 Å². The Morgan fingerprint density at radius 2 is 2.24 bits per heavy atom. The molecule has 0 saturated carbocycles. The highest BCUT2D eigenvalue weighted by molar-refractivity contribution is 6.03. The lowest BCUT2D eigenvalue weighted by molar-refractivity contribution is 0.104. The van der Waals surface area contributed by atoms with Crippen molar-refractivity contribution in [1.29, 1.82) is 0 Å². The van der Waals surface area contributed by atoms with Gasteiger partial charge in [0.15, 0.2) is 0 Å². The van der Waals surface area contributed by atoms with Crippen LogP contribution < -0.4 is 0 Å². The van der Waals surface area contributed by atoms with Gasteiger partial charge in [-0.05, 0) is 12.1 Å². The highest BCUT2D eigenvalue weighted by Crippen LogP contribution is 2.09. The summed E-state index contributed by atoms with van der Waals surface area (Å²) in [7, 11) is 3.63. The van der Waals surface area contributed by atoms with Crippen LogP contribution in [0.3, 0.4) is 0 Å². The normalized spacial score (nSPS) is 11.2. The number of ketones is 1. The Morgan fingerprint density at radius 3 is 2.94 bits per heavy atom. The van der Waals surface area contributed by atoms with Gasteiger partial charge in [-0.15, -0.1) is 0 Å². The number of fused-ring (bicyclic) bond motifs is 1. The second-order valence-corrected chi connectivity index (χ2v) is 3.86. The Balaban J connectivity index is 2.42. The van der Waals surface area contributed by atoms with Crippen LogP contribution in [0, 0.1) is 5.82 Å². The molecule has 17 heavy (non-hydrogen) atoms. The van der Waals surface area contributed by atoms with E-state index in [0.717, 1.165) is 0 Å². The van der Waals surface area contributed by atoms with Crippen LogP contribution in [0.15, 0.2) is 36.8 Å². The standard InChI is InChI=1S/C12H12FN3O/c1-15(2)6-5-11(17)10-7-14-12-4-3-9(13)8-16(10)12/h3-8H,1-2H3. The number of imidazole rings is 1. The third kappa shape index (κ3) is 2.33. The van der Waals surface area contributed by atoms with Crippen LogP contribution in [-0.2, 0) is 0 Å². The molecule has 0 fully saturated rings. The molecular formula is C12H12FN3O. The van der Waals surface area contributed by atoms with Gasteiger partial charge in [-0.1, -0.05) is 0 Å². The Labute approximate surface area is 98.0 Å². The molecule has 2 aromatic heterocycles. The zero-order valence-electron chi connectivity index (χ0n) is 9.59. The summed E-state index contributed by atoms with van der Waals surface area (Å²) in [5, 5.41) is 0. The maximum Gasteiger partial charge on any atom is 0.205 e. The van der Waals surface area contributed by atoms with Crippen molar-refractivity contribution in [2.24, 2.45) is 0 Å². The molecule has 0 bridgehead atoms. The van der Waals surface area contributed by atoms with Gasteiger partial charge < -0.3 is 4.90 Å². The number of aromatic nitrogens is 2. The molecule has 0 spiro atoms. The zero-order valence-corrected chi connectivity index (χ0v) is 9.59. The fourth-order valence-corrected chi connectivity index (χ4v) is 1.44. The predicted octanol–water partition coefficient (Wildman–Crippen LogP) is 1.73. The van der Waals surface area contributed by atoms with Crippen LogP contribution in [0.1, 0.15) is 10.5 Å². The molecule has 88 valence electrons. The summed E-state index contributed by atoms with van der Waals surface area (Å²) in [6.45, 7) is 0. The van der Waals surface area contributed by atoms with Gasteiger partial charge in [0, 0.05) is 32.6 Å². The molecule has 0 saturated heterocycles. The van der Waals surface area contributed by atoms with Crippen LogP contribution in [0.4, 0.5) is 4.39 Å². The first kappa shape index (κ1) is 11.3. The van der Waals surface area contributed by atoms with Crippen molar-refractivity contribution in [1.82, 2.24) is 14.3 Å². The number of rotatable bonds is 3. The van der Waals surface area contributed by atoms with Crippen molar-refractivity contribution in [3.8, 4) is 0 Å². The summed E-state index contributed by atoms with van der Waals surface area (Å²) < 4.78 is 14.5.